The van der Waals surface area contributed by atoms with Gasteiger partial charge in [0.1, 0.15) is 0 Å². The van der Waals surface area contributed by atoms with Crippen LogP contribution in [0.2, 0.25) is 10.0 Å². The minimum atomic E-state index is -3.51. The van der Waals surface area contributed by atoms with Gasteiger partial charge in [0, 0.05) is 6.26 Å². The van der Waals surface area contributed by atoms with Gasteiger partial charge in [-0.25, -0.2) is 13.2 Å². The van der Waals surface area contributed by atoms with Gasteiger partial charge in [-0.05, 0) is 12.1 Å². The van der Waals surface area contributed by atoms with Crippen LogP contribution in [0.3, 0.4) is 0 Å². The molecule has 0 aliphatic heterocycles. The van der Waals surface area contributed by atoms with Crippen LogP contribution in [0.5, 0.6) is 0 Å². The third kappa shape index (κ3) is 2.62. The molecule has 0 bridgehead atoms. The first-order chi connectivity index (χ1) is 6.73. The number of benzene rings is 1. The van der Waals surface area contributed by atoms with Gasteiger partial charge < -0.3 is 5.11 Å². The fourth-order valence-corrected chi connectivity index (χ4v) is 2.61. The number of sulfone groups is 1. The van der Waals surface area contributed by atoms with Gasteiger partial charge in [-0.15, -0.1) is 0 Å². The molecule has 0 atom stereocenters. The van der Waals surface area contributed by atoms with Crippen molar-refractivity contribution in [3.05, 3.63) is 27.7 Å². The first-order valence-corrected chi connectivity index (χ1v) is 6.30. The molecule has 82 valence electrons. The maximum absolute atomic E-state index is 11.2. The molecule has 4 nitrogen and oxygen atoms in total. The van der Waals surface area contributed by atoms with E-state index in [0.717, 1.165) is 18.4 Å². The van der Waals surface area contributed by atoms with Crippen LogP contribution >= 0.6 is 23.2 Å². The zero-order valence-corrected chi connectivity index (χ0v) is 9.82. The van der Waals surface area contributed by atoms with Crippen LogP contribution in [0, 0.1) is 0 Å². The molecule has 15 heavy (non-hydrogen) atoms. The van der Waals surface area contributed by atoms with Gasteiger partial charge in [-0.1, -0.05) is 23.2 Å². The highest BCUT2D eigenvalue weighted by atomic mass is 35.5. The number of aromatic carboxylic acids is 1. The van der Waals surface area contributed by atoms with Gasteiger partial charge in [0.25, 0.3) is 0 Å². The SMILES string of the molecule is CS(=O)(=O)c1cc(Cl)c(C(=O)O)cc1Cl. The number of hydrogen-bond donors (Lipinski definition) is 1. The topological polar surface area (TPSA) is 71.4 Å². The Morgan fingerprint density at radius 1 is 1.27 bits per heavy atom. The highest BCUT2D eigenvalue weighted by Gasteiger charge is 2.18. The minimum absolute atomic E-state index is 0.153. The molecule has 1 N–H and O–H groups in total. The molecule has 0 heterocycles. The van der Waals surface area contributed by atoms with Gasteiger partial charge in [0.05, 0.1) is 20.5 Å². The van der Waals surface area contributed by atoms with Crippen LogP contribution in [0.25, 0.3) is 0 Å². The maximum atomic E-state index is 11.2. The molecule has 0 spiro atoms. The fourth-order valence-electron chi connectivity index (χ4n) is 0.977. The second-order valence-corrected chi connectivity index (χ2v) is 5.64. The lowest BCUT2D eigenvalue weighted by atomic mass is 10.2. The molecule has 0 amide bonds. The summed E-state index contributed by atoms with van der Waals surface area (Å²) in [5.74, 6) is -1.26. The number of carbonyl (C=O) groups is 1. The molecular formula is C8H6Cl2O4S. The second-order valence-electron chi connectivity index (χ2n) is 2.84. The summed E-state index contributed by atoms with van der Waals surface area (Å²) in [7, 11) is -3.51. The summed E-state index contributed by atoms with van der Waals surface area (Å²) < 4.78 is 22.4. The molecule has 0 aromatic heterocycles. The fraction of sp³-hybridized carbons (Fsp3) is 0.125. The number of hydrogen-bond acceptors (Lipinski definition) is 3. The van der Waals surface area contributed by atoms with E-state index in [-0.39, 0.29) is 20.5 Å². The molecule has 7 heteroatoms. The van der Waals surface area contributed by atoms with E-state index in [1.165, 1.54) is 0 Å². The molecule has 1 aromatic carbocycles. The van der Waals surface area contributed by atoms with Gasteiger partial charge in [0.15, 0.2) is 9.84 Å². The molecule has 0 fully saturated rings. The molecule has 0 aliphatic carbocycles. The monoisotopic (exact) mass is 268 g/mol. The Hall–Kier alpha value is -0.780. The van der Waals surface area contributed by atoms with Crippen LogP contribution in [-0.4, -0.2) is 25.7 Å². The summed E-state index contributed by atoms with van der Waals surface area (Å²) in [6.07, 6.45) is 0.963. The van der Waals surface area contributed by atoms with E-state index in [1.807, 2.05) is 0 Å². The van der Waals surface area contributed by atoms with E-state index in [9.17, 15) is 13.2 Å². The van der Waals surface area contributed by atoms with Crippen LogP contribution < -0.4 is 0 Å². The Balaban J connectivity index is 3.52. The summed E-state index contributed by atoms with van der Waals surface area (Å²) in [6, 6.07) is 2.05. The van der Waals surface area contributed by atoms with E-state index < -0.39 is 15.8 Å². The van der Waals surface area contributed by atoms with Gasteiger partial charge >= 0.3 is 5.97 Å². The molecule has 0 saturated heterocycles. The number of halogens is 2. The summed E-state index contributed by atoms with van der Waals surface area (Å²) in [5, 5.41) is 8.38. The molecule has 0 aliphatic rings. The predicted molar refractivity (Wildman–Crippen MR) is 56.5 cm³/mol. The summed E-state index contributed by atoms with van der Waals surface area (Å²) in [6.45, 7) is 0. The third-order valence-electron chi connectivity index (χ3n) is 1.65. The van der Waals surface area contributed by atoms with Crippen LogP contribution in [0.15, 0.2) is 17.0 Å². The predicted octanol–water partition coefficient (Wildman–Crippen LogP) is 2.10. The Bertz CT molecular complexity index is 522. The number of carboxylic acid groups (broad SMARTS) is 1. The van der Waals surface area contributed by atoms with E-state index in [4.69, 9.17) is 28.3 Å². The standard InChI is InChI=1S/C8H6Cl2O4S/c1-15(13,14)7-3-5(9)4(8(11)12)2-6(7)10/h2-3H,1H3,(H,11,12). The highest BCUT2D eigenvalue weighted by molar-refractivity contribution is 7.90. The lowest BCUT2D eigenvalue weighted by molar-refractivity contribution is 0.0697. The van der Waals surface area contributed by atoms with E-state index in [2.05, 4.69) is 0 Å². The molecule has 0 unspecified atom stereocenters. The first kappa shape index (κ1) is 12.3. The van der Waals surface area contributed by atoms with Crippen molar-refractivity contribution in [1.82, 2.24) is 0 Å². The van der Waals surface area contributed by atoms with Crippen LogP contribution in [0.4, 0.5) is 0 Å². The van der Waals surface area contributed by atoms with Crippen molar-refractivity contribution < 1.29 is 18.3 Å². The highest BCUT2D eigenvalue weighted by Crippen LogP contribution is 2.28. The van der Waals surface area contributed by atoms with Crippen molar-refractivity contribution in [1.29, 1.82) is 0 Å². The molecule has 0 saturated carbocycles. The number of carboxylic acids is 1. The lowest BCUT2D eigenvalue weighted by Crippen LogP contribution is -2.03. The lowest BCUT2D eigenvalue weighted by Gasteiger charge is -2.05. The summed E-state index contributed by atoms with van der Waals surface area (Å²) >= 11 is 11.2. The Kier molecular flexibility index (Phi) is 3.28. The van der Waals surface area contributed by atoms with Gasteiger partial charge in [-0.3, -0.25) is 0 Å². The smallest absolute Gasteiger partial charge is 0.337 e. The Morgan fingerprint density at radius 2 is 1.80 bits per heavy atom. The summed E-state index contributed by atoms with van der Waals surface area (Å²) in [5.41, 5.74) is -0.228. The molecule has 0 radical (unpaired) electrons. The largest absolute Gasteiger partial charge is 0.478 e. The van der Waals surface area contributed by atoms with Crippen molar-refractivity contribution in [3.63, 3.8) is 0 Å². The van der Waals surface area contributed by atoms with E-state index in [0.29, 0.717) is 0 Å². The molecular weight excluding hydrogens is 263 g/mol. The maximum Gasteiger partial charge on any atom is 0.337 e. The van der Waals surface area contributed by atoms with Crippen molar-refractivity contribution in [3.8, 4) is 0 Å². The van der Waals surface area contributed by atoms with Gasteiger partial charge in [0.2, 0.25) is 0 Å². The van der Waals surface area contributed by atoms with Crippen LogP contribution in [-0.2, 0) is 9.84 Å². The average Bonchev–Trinajstić information content (AvgIpc) is 2.06. The average molecular weight is 269 g/mol. The van der Waals surface area contributed by atoms with E-state index in [1.54, 1.807) is 0 Å². The Morgan fingerprint density at radius 3 is 2.20 bits per heavy atom. The van der Waals surface area contributed by atoms with Crippen molar-refractivity contribution >= 4 is 39.0 Å². The second kappa shape index (κ2) is 4.00. The normalized spacial score (nSPS) is 11.4. The molecule has 1 rings (SSSR count). The van der Waals surface area contributed by atoms with Crippen molar-refractivity contribution in [2.45, 2.75) is 4.90 Å². The number of rotatable bonds is 2. The Labute approximate surface area is 96.3 Å². The third-order valence-corrected chi connectivity index (χ3v) is 3.53. The van der Waals surface area contributed by atoms with Gasteiger partial charge in [-0.2, -0.15) is 0 Å². The first-order valence-electron chi connectivity index (χ1n) is 3.66. The van der Waals surface area contributed by atoms with Crippen molar-refractivity contribution in [2.75, 3.05) is 6.26 Å². The minimum Gasteiger partial charge on any atom is -0.478 e. The van der Waals surface area contributed by atoms with E-state index >= 15 is 0 Å². The quantitative estimate of drug-likeness (QED) is 0.892. The van der Waals surface area contributed by atoms with Crippen LogP contribution in [0.1, 0.15) is 10.4 Å². The van der Waals surface area contributed by atoms with Crippen molar-refractivity contribution in [2.24, 2.45) is 0 Å². The molecule has 1 aromatic rings. The zero-order valence-electron chi connectivity index (χ0n) is 7.49. The summed E-state index contributed by atoms with van der Waals surface area (Å²) in [4.78, 5) is 10.5. The zero-order chi connectivity index (χ0) is 11.8.